The molecular weight excluding hydrogens is 244 g/mol. The van der Waals surface area contributed by atoms with E-state index < -0.39 is 5.91 Å². The van der Waals surface area contributed by atoms with E-state index in [0.717, 1.165) is 12.8 Å². The molecule has 0 radical (unpaired) electrons. The fourth-order valence-corrected chi connectivity index (χ4v) is 1.92. The molecule has 1 aromatic heterocycles. The van der Waals surface area contributed by atoms with Crippen LogP contribution < -0.4 is 11.1 Å². The summed E-state index contributed by atoms with van der Waals surface area (Å²) in [5.74, 6) is -0.957. The Hall–Kier alpha value is -2.24. The lowest BCUT2D eigenvalue weighted by atomic mass is 10.00. The van der Waals surface area contributed by atoms with Crippen molar-refractivity contribution < 1.29 is 9.59 Å². The summed E-state index contributed by atoms with van der Waals surface area (Å²) in [6.45, 7) is 0.540. The molecule has 0 saturated heterocycles. The maximum atomic E-state index is 11.8. The summed E-state index contributed by atoms with van der Waals surface area (Å²) >= 11 is 0. The first-order valence-corrected chi connectivity index (χ1v) is 6.25. The van der Waals surface area contributed by atoms with Gasteiger partial charge in [0, 0.05) is 6.54 Å². The Morgan fingerprint density at radius 3 is 2.53 bits per heavy atom. The molecule has 1 aliphatic rings. The van der Waals surface area contributed by atoms with Crippen molar-refractivity contribution in [1.29, 1.82) is 0 Å². The van der Waals surface area contributed by atoms with Crippen LogP contribution in [0.3, 0.4) is 0 Å². The van der Waals surface area contributed by atoms with E-state index in [-0.39, 0.29) is 17.3 Å². The van der Waals surface area contributed by atoms with E-state index in [1.54, 1.807) is 0 Å². The minimum absolute atomic E-state index is 0.0477. The molecule has 6 nitrogen and oxygen atoms in total. The van der Waals surface area contributed by atoms with Gasteiger partial charge < -0.3 is 11.1 Å². The molecule has 0 unspecified atom stereocenters. The van der Waals surface area contributed by atoms with E-state index in [2.05, 4.69) is 21.4 Å². The number of amides is 2. The number of primary amides is 1. The quantitative estimate of drug-likeness (QED) is 0.782. The Balaban J connectivity index is 1.92. The number of carbonyl (C=O) groups is 2. The van der Waals surface area contributed by atoms with Crippen LogP contribution in [0.4, 0.5) is 0 Å². The Kier molecular flexibility index (Phi) is 4.22. The number of nitrogens with one attached hydrogen (secondary N) is 1. The number of nitrogens with zero attached hydrogens (tertiary/aromatic N) is 2. The van der Waals surface area contributed by atoms with E-state index in [4.69, 9.17) is 5.73 Å². The van der Waals surface area contributed by atoms with Crippen molar-refractivity contribution >= 4 is 11.8 Å². The van der Waals surface area contributed by atoms with Gasteiger partial charge in [-0.2, -0.15) is 0 Å². The molecule has 1 aromatic rings. The summed E-state index contributed by atoms with van der Waals surface area (Å²) in [7, 11) is 0. The highest BCUT2D eigenvalue weighted by Crippen LogP contribution is 2.16. The average molecular weight is 260 g/mol. The third-order valence-corrected chi connectivity index (χ3v) is 3.00. The van der Waals surface area contributed by atoms with Crippen LogP contribution in [0.2, 0.25) is 0 Å². The zero-order valence-electron chi connectivity index (χ0n) is 10.6. The molecule has 2 rings (SSSR count). The standard InChI is InChI=1S/C13H16N4O2/c14-12(18)10-7-16-11(8-15-10)13(19)17-6-9-4-2-1-3-5-9/h4,7-8H,1-3,5-6H2,(H2,14,18)(H,17,19). The van der Waals surface area contributed by atoms with E-state index in [9.17, 15) is 9.59 Å². The minimum Gasteiger partial charge on any atom is -0.364 e. The van der Waals surface area contributed by atoms with Gasteiger partial charge in [-0.3, -0.25) is 9.59 Å². The largest absolute Gasteiger partial charge is 0.364 e. The van der Waals surface area contributed by atoms with Gasteiger partial charge in [0.2, 0.25) is 0 Å². The number of carbonyl (C=O) groups excluding carboxylic acids is 2. The van der Waals surface area contributed by atoms with Gasteiger partial charge in [0.05, 0.1) is 12.4 Å². The third-order valence-electron chi connectivity index (χ3n) is 3.00. The van der Waals surface area contributed by atoms with Crippen molar-refractivity contribution in [1.82, 2.24) is 15.3 Å². The number of aromatic nitrogens is 2. The van der Waals surface area contributed by atoms with Gasteiger partial charge in [0.25, 0.3) is 11.8 Å². The summed E-state index contributed by atoms with van der Waals surface area (Å²) < 4.78 is 0. The van der Waals surface area contributed by atoms with Gasteiger partial charge >= 0.3 is 0 Å². The normalized spacial score (nSPS) is 14.6. The predicted molar refractivity (Wildman–Crippen MR) is 69.4 cm³/mol. The first-order valence-electron chi connectivity index (χ1n) is 6.25. The monoisotopic (exact) mass is 260 g/mol. The predicted octanol–water partition coefficient (Wildman–Crippen LogP) is 0.806. The third kappa shape index (κ3) is 3.61. The molecule has 0 spiro atoms. The molecule has 2 amide bonds. The lowest BCUT2D eigenvalue weighted by Crippen LogP contribution is -2.27. The van der Waals surface area contributed by atoms with E-state index in [0.29, 0.717) is 6.54 Å². The van der Waals surface area contributed by atoms with Crippen molar-refractivity contribution in [3.05, 3.63) is 35.4 Å². The molecule has 19 heavy (non-hydrogen) atoms. The van der Waals surface area contributed by atoms with Gasteiger partial charge in [0.1, 0.15) is 11.4 Å². The lowest BCUT2D eigenvalue weighted by Gasteiger charge is -2.13. The number of hydrogen-bond acceptors (Lipinski definition) is 4. The molecule has 100 valence electrons. The molecule has 3 N–H and O–H groups in total. The first kappa shape index (κ1) is 13.2. The van der Waals surface area contributed by atoms with Crippen molar-refractivity contribution in [2.75, 3.05) is 6.54 Å². The number of rotatable bonds is 4. The smallest absolute Gasteiger partial charge is 0.271 e. The van der Waals surface area contributed by atoms with Gasteiger partial charge in [-0.05, 0) is 25.7 Å². The van der Waals surface area contributed by atoms with Crippen molar-refractivity contribution in [2.45, 2.75) is 25.7 Å². The van der Waals surface area contributed by atoms with Crippen LogP contribution in [0.25, 0.3) is 0 Å². The van der Waals surface area contributed by atoms with Crippen LogP contribution in [-0.2, 0) is 0 Å². The molecule has 0 aliphatic heterocycles. The Labute approximate surface area is 111 Å². The Morgan fingerprint density at radius 1 is 1.21 bits per heavy atom. The molecule has 1 aliphatic carbocycles. The van der Waals surface area contributed by atoms with Crippen LogP contribution in [0.1, 0.15) is 46.7 Å². The molecule has 0 atom stereocenters. The Morgan fingerprint density at radius 2 is 1.95 bits per heavy atom. The molecule has 1 heterocycles. The number of nitrogens with two attached hydrogens (primary N) is 1. The van der Waals surface area contributed by atoms with Gasteiger partial charge in [-0.1, -0.05) is 11.6 Å². The second kappa shape index (κ2) is 6.08. The maximum absolute atomic E-state index is 11.8. The molecule has 0 saturated carbocycles. The van der Waals surface area contributed by atoms with E-state index in [1.165, 1.54) is 30.8 Å². The van der Waals surface area contributed by atoms with Crippen LogP contribution >= 0.6 is 0 Å². The second-order valence-electron chi connectivity index (χ2n) is 4.44. The zero-order chi connectivity index (χ0) is 13.7. The van der Waals surface area contributed by atoms with Crippen LogP contribution in [0.5, 0.6) is 0 Å². The van der Waals surface area contributed by atoms with E-state index >= 15 is 0 Å². The highest BCUT2D eigenvalue weighted by molar-refractivity contribution is 5.93. The molecular formula is C13H16N4O2. The number of allylic oxidation sites excluding steroid dienone is 1. The number of hydrogen-bond donors (Lipinski definition) is 2. The summed E-state index contributed by atoms with van der Waals surface area (Å²) in [5, 5.41) is 2.79. The topological polar surface area (TPSA) is 98.0 Å². The van der Waals surface area contributed by atoms with Crippen LogP contribution in [0.15, 0.2) is 24.0 Å². The van der Waals surface area contributed by atoms with Gasteiger partial charge in [-0.15, -0.1) is 0 Å². The summed E-state index contributed by atoms with van der Waals surface area (Å²) in [4.78, 5) is 30.3. The Bertz CT molecular complexity index is 508. The molecule has 0 fully saturated rings. The van der Waals surface area contributed by atoms with Crippen molar-refractivity contribution in [3.8, 4) is 0 Å². The fraction of sp³-hybridized carbons (Fsp3) is 0.385. The molecule has 0 bridgehead atoms. The highest BCUT2D eigenvalue weighted by atomic mass is 16.2. The minimum atomic E-state index is -0.660. The SMILES string of the molecule is NC(=O)c1cnc(C(=O)NCC2=CCCCC2)cn1. The van der Waals surface area contributed by atoms with Crippen molar-refractivity contribution in [2.24, 2.45) is 5.73 Å². The molecule has 6 heteroatoms. The van der Waals surface area contributed by atoms with Gasteiger partial charge in [0.15, 0.2) is 0 Å². The lowest BCUT2D eigenvalue weighted by molar-refractivity contribution is 0.0947. The maximum Gasteiger partial charge on any atom is 0.271 e. The van der Waals surface area contributed by atoms with Crippen LogP contribution in [0, 0.1) is 0 Å². The highest BCUT2D eigenvalue weighted by Gasteiger charge is 2.11. The van der Waals surface area contributed by atoms with E-state index in [1.807, 2.05) is 0 Å². The summed E-state index contributed by atoms with van der Waals surface area (Å²) in [5.41, 5.74) is 6.53. The average Bonchev–Trinajstić information content (AvgIpc) is 2.46. The van der Waals surface area contributed by atoms with Crippen LogP contribution in [-0.4, -0.2) is 28.3 Å². The first-order chi connectivity index (χ1) is 9.16. The fourth-order valence-electron chi connectivity index (χ4n) is 1.92. The zero-order valence-corrected chi connectivity index (χ0v) is 10.6. The summed E-state index contributed by atoms with van der Waals surface area (Å²) in [6, 6.07) is 0. The second-order valence-corrected chi connectivity index (χ2v) is 4.44. The molecule has 0 aromatic carbocycles. The summed E-state index contributed by atoms with van der Waals surface area (Å²) in [6.07, 6.45) is 9.14. The van der Waals surface area contributed by atoms with Crippen molar-refractivity contribution in [3.63, 3.8) is 0 Å². The van der Waals surface area contributed by atoms with Gasteiger partial charge in [-0.25, -0.2) is 9.97 Å².